The molecule has 0 bridgehead atoms. The van der Waals surface area contributed by atoms with Crippen LogP contribution < -0.4 is 5.32 Å². The maximum absolute atomic E-state index is 13.6. The predicted molar refractivity (Wildman–Crippen MR) is 76.9 cm³/mol. The van der Waals surface area contributed by atoms with Gasteiger partial charge in [-0.25, -0.2) is 4.39 Å². The number of ether oxygens (including phenoxy) is 1. The van der Waals surface area contributed by atoms with Crippen LogP contribution in [0.25, 0.3) is 0 Å². The van der Waals surface area contributed by atoms with Crippen LogP contribution in [0.3, 0.4) is 0 Å². The highest BCUT2D eigenvalue weighted by Crippen LogP contribution is 2.19. The molecule has 0 radical (unpaired) electrons. The van der Waals surface area contributed by atoms with Crippen LogP contribution in [0, 0.1) is 12.7 Å². The minimum absolute atomic E-state index is 0.134. The molecule has 1 unspecified atom stereocenters. The van der Waals surface area contributed by atoms with Gasteiger partial charge in [-0.1, -0.05) is 12.1 Å². The van der Waals surface area contributed by atoms with Gasteiger partial charge in [0, 0.05) is 19.7 Å². The van der Waals surface area contributed by atoms with Gasteiger partial charge in [-0.3, -0.25) is 0 Å². The Morgan fingerprint density at radius 1 is 1.37 bits per heavy atom. The molecule has 1 aromatic rings. The zero-order chi connectivity index (χ0) is 14.3. The summed E-state index contributed by atoms with van der Waals surface area (Å²) >= 11 is 0. The molecule has 0 saturated heterocycles. The van der Waals surface area contributed by atoms with Gasteiger partial charge in [0.25, 0.3) is 0 Å². The molecular formula is C15H25FN2O. The number of hydrogen-bond acceptors (Lipinski definition) is 3. The molecule has 19 heavy (non-hydrogen) atoms. The molecular weight excluding hydrogens is 243 g/mol. The van der Waals surface area contributed by atoms with E-state index in [1.54, 1.807) is 20.1 Å². The number of benzene rings is 1. The largest absolute Gasteiger partial charge is 0.383 e. The van der Waals surface area contributed by atoms with Crippen molar-refractivity contribution in [3.05, 3.63) is 35.1 Å². The van der Waals surface area contributed by atoms with E-state index in [1.165, 1.54) is 0 Å². The molecule has 0 amide bonds. The van der Waals surface area contributed by atoms with Crippen LogP contribution in [0.5, 0.6) is 0 Å². The molecule has 1 aromatic carbocycles. The molecule has 0 heterocycles. The van der Waals surface area contributed by atoms with Crippen LogP contribution in [0.4, 0.5) is 4.39 Å². The van der Waals surface area contributed by atoms with Crippen molar-refractivity contribution in [3.63, 3.8) is 0 Å². The molecule has 1 N–H and O–H groups in total. The number of hydrogen-bond donors (Lipinski definition) is 1. The van der Waals surface area contributed by atoms with Gasteiger partial charge in [0.2, 0.25) is 0 Å². The third-order valence-electron chi connectivity index (χ3n) is 3.42. The molecule has 3 nitrogen and oxygen atoms in total. The third-order valence-corrected chi connectivity index (χ3v) is 3.42. The lowest BCUT2D eigenvalue weighted by molar-refractivity contribution is 0.159. The first-order valence-electron chi connectivity index (χ1n) is 6.69. The topological polar surface area (TPSA) is 24.5 Å². The first-order valence-corrected chi connectivity index (χ1v) is 6.69. The summed E-state index contributed by atoms with van der Waals surface area (Å²) in [6.45, 7) is 4.38. The van der Waals surface area contributed by atoms with Crippen molar-refractivity contribution in [1.82, 2.24) is 10.2 Å². The second kappa shape index (κ2) is 8.25. The maximum atomic E-state index is 13.6. The zero-order valence-electron chi connectivity index (χ0n) is 12.4. The van der Waals surface area contributed by atoms with Gasteiger partial charge in [-0.2, -0.15) is 0 Å². The molecule has 0 aliphatic carbocycles. The summed E-state index contributed by atoms with van der Waals surface area (Å²) in [5.41, 5.74) is 1.70. The summed E-state index contributed by atoms with van der Waals surface area (Å²) in [4.78, 5) is 2.22. The number of methoxy groups -OCH3 is 1. The lowest BCUT2D eigenvalue weighted by Crippen LogP contribution is -2.28. The highest BCUT2D eigenvalue weighted by molar-refractivity contribution is 5.25. The van der Waals surface area contributed by atoms with E-state index in [2.05, 4.69) is 17.3 Å². The van der Waals surface area contributed by atoms with Crippen molar-refractivity contribution < 1.29 is 9.13 Å². The highest BCUT2D eigenvalue weighted by Gasteiger charge is 2.11. The van der Waals surface area contributed by atoms with Gasteiger partial charge in [-0.15, -0.1) is 0 Å². The average molecular weight is 268 g/mol. The highest BCUT2D eigenvalue weighted by atomic mass is 19.1. The number of likely N-dealkylation sites (N-methyl/N-ethyl adjacent to an activating group) is 1. The Bertz CT molecular complexity index is 384. The molecule has 108 valence electrons. The lowest BCUT2D eigenvalue weighted by Gasteiger charge is -2.21. The van der Waals surface area contributed by atoms with E-state index < -0.39 is 0 Å². The number of halogens is 1. The van der Waals surface area contributed by atoms with Crippen LogP contribution in [0.15, 0.2) is 18.2 Å². The number of nitrogens with one attached hydrogen (secondary N) is 1. The van der Waals surface area contributed by atoms with E-state index in [4.69, 9.17) is 4.74 Å². The fourth-order valence-corrected chi connectivity index (χ4v) is 2.01. The maximum Gasteiger partial charge on any atom is 0.126 e. The smallest absolute Gasteiger partial charge is 0.126 e. The van der Waals surface area contributed by atoms with Crippen LogP contribution in [-0.2, 0) is 4.74 Å². The second-order valence-electron chi connectivity index (χ2n) is 4.93. The Hall–Kier alpha value is -0.970. The SMILES string of the molecule is CNC(CCN(C)CCOC)c1ccc(C)c(F)c1. The Balaban J connectivity index is 2.55. The minimum Gasteiger partial charge on any atom is -0.383 e. The van der Waals surface area contributed by atoms with Gasteiger partial charge in [-0.05, 0) is 51.2 Å². The van der Waals surface area contributed by atoms with Crippen molar-refractivity contribution in [2.45, 2.75) is 19.4 Å². The summed E-state index contributed by atoms with van der Waals surface area (Å²) in [6, 6.07) is 5.64. The van der Waals surface area contributed by atoms with E-state index in [9.17, 15) is 4.39 Å². The van der Waals surface area contributed by atoms with Crippen molar-refractivity contribution >= 4 is 0 Å². The first kappa shape index (κ1) is 16.1. The van der Waals surface area contributed by atoms with Crippen molar-refractivity contribution in [3.8, 4) is 0 Å². The Morgan fingerprint density at radius 3 is 2.68 bits per heavy atom. The molecule has 1 rings (SSSR count). The van der Waals surface area contributed by atoms with E-state index in [-0.39, 0.29) is 11.9 Å². The molecule has 0 spiro atoms. The Kier molecular flexibility index (Phi) is 6.99. The quantitative estimate of drug-likeness (QED) is 0.783. The molecule has 1 atom stereocenters. The van der Waals surface area contributed by atoms with Crippen molar-refractivity contribution in [1.29, 1.82) is 0 Å². The number of rotatable bonds is 8. The van der Waals surface area contributed by atoms with Crippen LogP contribution in [-0.4, -0.2) is 45.8 Å². The van der Waals surface area contributed by atoms with Crippen molar-refractivity contribution in [2.75, 3.05) is 40.9 Å². The summed E-state index contributed by atoms with van der Waals surface area (Å²) in [6.07, 6.45) is 0.944. The standard InChI is InChI=1S/C15H25FN2O/c1-12-5-6-13(11-14(12)16)15(17-2)7-8-18(3)9-10-19-4/h5-6,11,15,17H,7-10H2,1-4H3. The molecule has 0 saturated carbocycles. The van der Waals surface area contributed by atoms with Crippen molar-refractivity contribution in [2.24, 2.45) is 0 Å². The number of aryl methyl sites for hydroxylation is 1. The number of nitrogens with zero attached hydrogens (tertiary/aromatic N) is 1. The fraction of sp³-hybridized carbons (Fsp3) is 0.600. The van der Waals surface area contributed by atoms with Gasteiger partial charge in [0.05, 0.1) is 6.61 Å². The lowest BCUT2D eigenvalue weighted by atomic mass is 10.0. The third kappa shape index (κ3) is 5.27. The minimum atomic E-state index is -0.134. The average Bonchev–Trinajstić information content (AvgIpc) is 2.41. The summed E-state index contributed by atoms with van der Waals surface area (Å²) in [5, 5.41) is 3.25. The van der Waals surface area contributed by atoms with Crippen LogP contribution >= 0.6 is 0 Å². The predicted octanol–water partition coefficient (Wildman–Crippen LogP) is 2.36. The van der Waals surface area contributed by atoms with Crippen LogP contribution in [0.1, 0.15) is 23.6 Å². The molecule has 0 aliphatic heterocycles. The molecule has 0 aromatic heterocycles. The monoisotopic (exact) mass is 268 g/mol. The Morgan fingerprint density at radius 2 is 2.11 bits per heavy atom. The fourth-order valence-electron chi connectivity index (χ4n) is 2.01. The summed E-state index contributed by atoms with van der Waals surface area (Å²) < 4.78 is 18.6. The van der Waals surface area contributed by atoms with Gasteiger partial charge in [0.1, 0.15) is 5.82 Å². The normalized spacial score (nSPS) is 12.9. The van der Waals surface area contributed by atoms with Crippen LogP contribution in [0.2, 0.25) is 0 Å². The van der Waals surface area contributed by atoms with Gasteiger partial charge in [0.15, 0.2) is 0 Å². The van der Waals surface area contributed by atoms with Gasteiger partial charge < -0.3 is 15.0 Å². The van der Waals surface area contributed by atoms with E-state index in [1.807, 2.05) is 19.2 Å². The molecule has 4 heteroatoms. The zero-order valence-corrected chi connectivity index (χ0v) is 12.4. The summed E-state index contributed by atoms with van der Waals surface area (Å²) in [7, 11) is 5.69. The second-order valence-corrected chi connectivity index (χ2v) is 4.93. The first-order chi connectivity index (χ1) is 9.08. The Labute approximate surface area is 115 Å². The van der Waals surface area contributed by atoms with Gasteiger partial charge >= 0.3 is 0 Å². The summed E-state index contributed by atoms with van der Waals surface area (Å²) in [5.74, 6) is -0.134. The van der Waals surface area contributed by atoms with E-state index in [0.29, 0.717) is 5.56 Å². The molecule has 0 fully saturated rings. The van der Waals surface area contributed by atoms with E-state index in [0.717, 1.165) is 31.7 Å². The molecule has 0 aliphatic rings. The van der Waals surface area contributed by atoms with E-state index >= 15 is 0 Å².